The molecule has 3 aromatic carbocycles. The van der Waals surface area contributed by atoms with Crippen LogP contribution in [0.25, 0.3) is 17.3 Å². The summed E-state index contributed by atoms with van der Waals surface area (Å²) in [6.07, 6.45) is 3.34. The highest BCUT2D eigenvalue weighted by molar-refractivity contribution is 7.07. The van der Waals surface area contributed by atoms with Gasteiger partial charge < -0.3 is 10.1 Å². The molecule has 0 unspecified atom stereocenters. The van der Waals surface area contributed by atoms with E-state index in [1.54, 1.807) is 48.6 Å². The first kappa shape index (κ1) is 26.7. The van der Waals surface area contributed by atoms with Gasteiger partial charge in [-0.15, -0.1) is 11.3 Å². The SMILES string of the molecule is C=CCOc1ccccc1C=c1sc(=C(C#N)C(=O)Nc2ccccc2Cl)n(-c2ccc(C)c(C)c2)c1=O. The molecule has 4 rings (SSSR count). The third kappa shape index (κ3) is 5.62. The molecule has 0 saturated carbocycles. The molecule has 0 fully saturated rings. The van der Waals surface area contributed by atoms with Crippen LogP contribution in [0.5, 0.6) is 5.75 Å². The molecule has 0 aliphatic rings. The number of carbonyl (C=O) groups excluding carboxylic acids is 1. The second-order valence-corrected chi connectivity index (χ2v) is 9.82. The van der Waals surface area contributed by atoms with E-state index in [1.165, 1.54) is 4.57 Å². The van der Waals surface area contributed by atoms with Gasteiger partial charge in [-0.1, -0.05) is 60.7 Å². The molecule has 0 aliphatic heterocycles. The fourth-order valence-corrected chi connectivity index (χ4v) is 4.99. The van der Waals surface area contributed by atoms with Crippen molar-refractivity contribution in [2.24, 2.45) is 0 Å². The van der Waals surface area contributed by atoms with Crippen molar-refractivity contribution in [3.63, 3.8) is 0 Å². The molecule has 0 bridgehead atoms. The predicted molar refractivity (Wildman–Crippen MR) is 153 cm³/mol. The second-order valence-electron chi connectivity index (χ2n) is 8.38. The van der Waals surface area contributed by atoms with Gasteiger partial charge in [-0.3, -0.25) is 14.2 Å². The van der Waals surface area contributed by atoms with Gasteiger partial charge in [0.15, 0.2) is 5.57 Å². The summed E-state index contributed by atoms with van der Waals surface area (Å²) >= 11 is 7.27. The average molecular weight is 542 g/mol. The van der Waals surface area contributed by atoms with Gasteiger partial charge >= 0.3 is 0 Å². The van der Waals surface area contributed by atoms with Gasteiger partial charge in [-0.25, -0.2) is 0 Å². The van der Waals surface area contributed by atoms with Gasteiger partial charge in [0, 0.05) is 5.56 Å². The second kappa shape index (κ2) is 11.8. The van der Waals surface area contributed by atoms with E-state index >= 15 is 0 Å². The molecular formula is C30H24ClN3O3S. The maximum atomic E-state index is 13.8. The Balaban J connectivity index is 1.99. The summed E-state index contributed by atoms with van der Waals surface area (Å²) in [5.41, 5.74) is 3.07. The lowest BCUT2D eigenvalue weighted by atomic mass is 10.1. The molecule has 6 nitrogen and oxygen atoms in total. The molecule has 1 N–H and O–H groups in total. The molecule has 190 valence electrons. The monoisotopic (exact) mass is 541 g/mol. The van der Waals surface area contributed by atoms with Crippen LogP contribution in [0.15, 0.2) is 84.2 Å². The molecule has 0 atom stereocenters. The number of ether oxygens (including phenoxy) is 1. The van der Waals surface area contributed by atoms with Gasteiger partial charge in [0.2, 0.25) is 0 Å². The van der Waals surface area contributed by atoms with Gasteiger partial charge in [0.1, 0.15) is 23.1 Å². The lowest BCUT2D eigenvalue weighted by molar-refractivity contribution is -0.111. The van der Waals surface area contributed by atoms with Gasteiger partial charge in [-0.2, -0.15) is 5.26 Å². The summed E-state index contributed by atoms with van der Waals surface area (Å²) in [5.74, 6) is -0.0823. The number of rotatable bonds is 7. The quantitative estimate of drug-likeness (QED) is 0.338. The molecule has 38 heavy (non-hydrogen) atoms. The first-order valence-corrected chi connectivity index (χ1v) is 12.9. The van der Waals surface area contributed by atoms with Crippen LogP contribution >= 0.6 is 22.9 Å². The minimum atomic E-state index is -0.666. The Morgan fingerprint density at radius 2 is 1.87 bits per heavy atom. The number of nitrogens with zero attached hydrogens (tertiary/aromatic N) is 2. The highest BCUT2D eigenvalue weighted by Crippen LogP contribution is 2.21. The Morgan fingerprint density at radius 1 is 1.13 bits per heavy atom. The molecule has 1 heterocycles. The Kier molecular flexibility index (Phi) is 8.27. The number of hydrogen-bond donors (Lipinski definition) is 1. The predicted octanol–water partition coefficient (Wildman–Crippen LogP) is 4.88. The molecule has 0 saturated heterocycles. The third-order valence-corrected chi connectivity index (χ3v) is 7.23. The van der Waals surface area contributed by atoms with Crippen molar-refractivity contribution in [2.45, 2.75) is 13.8 Å². The standard InChI is InChI=1S/C30H24ClN3O3S/c1-4-15-37-26-12-8-5-9-21(26)17-27-29(36)34(22-14-13-19(2)20(3)16-22)30(38-27)23(18-32)28(35)33-25-11-7-6-10-24(25)31/h4-14,16-17H,1,15H2,2-3H3,(H,33,35). The minimum Gasteiger partial charge on any atom is -0.489 e. The summed E-state index contributed by atoms with van der Waals surface area (Å²) in [4.78, 5) is 27.1. The topological polar surface area (TPSA) is 84.1 Å². The lowest BCUT2D eigenvalue weighted by Crippen LogP contribution is -2.32. The van der Waals surface area contributed by atoms with Gasteiger partial charge in [-0.05, 0) is 61.4 Å². The van der Waals surface area contributed by atoms with Crippen molar-refractivity contribution in [1.82, 2.24) is 4.57 Å². The molecule has 0 radical (unpaired) electrons. The largest absolute Gasteiger partial charge is 0.489 e. The van der Waals surface area contributed by atoms with Gasteiger partial charge in [0.25, 0.3) is 11.5 Å². The van der Waals surface area contributed by atoms with Crippen molar-refractivity contribution in [2.75, 3.05) is 11.9 Å². The zero-order chi connectivity index (χ0) is 27.2. The molecular weight excluding hydrogens is 518 g/mol. The van der Waals surface area contributed by atoms with Crippen LogP contribution in [-0.4, -0.2) is 17.1 Å². The molecule has 1 aromatic heterocycles. The molecule has 1 amide bonds. The van der Waals surface area contributed by atoms with E-state index in [0.717, 1.165) is 22.5 Å². The first-order chi connectivity index (χ1) is 18.3. The van der Waals surface area contributed by atoms with E-state index < -0.39 is 5.91 Å². The Hall–Kier alpha value is -4.38. The van der Waals surface area contributed by atoms with Crippen LogP contribution in [0, 0.1) is 25.2 Å². The zero-order valence-electron chi connectivity index (χ0n) is 20.8. The number of nitrogens with one attached hydrogen (secondary N) is 1. The summed E-state index contributed by atoms with van der Waals surface area (Å²) < 4.78 is 7.70. The van der Waals surface area contributed by atoms with E-state index in [9.17, 15) is 14.9 Å². The number of hydrogen-bond acceptors (Lipinski definition) is 5. The maximum Gasteiger partial charge on any atom is 0.273 e. The van der Waals surface area contributed by atoms with Crippen LogP contribution in [-0.2, 0) is 4.79 Å². The van der Waals surface area contributed by atoms with E-state index in [4.69, 9.17) is 16.3 Å². The summed E-state index contributed by atoms with van der Waals surface area (Å²) in [7, 11) is 0. The number of halogens is 1. The van der Waals surface area contributed by atoms with Crippen LogP contribution in [0.1, 0.15) is 16.7 Å². The van der Waals surface area contributed by atoms with Crippen LogP contribution in [0.3, 0.4) is 0 Å². The number of carbonyl (C=O) groups is 1. The average Bonchev–Trinajstić information content (AvgIpc) is 3.22. The van der Waals surface area contributed by atoms with E-state index in [1.807, 2.05) is 50.2 Å². The van der Waals surface area contributed by atoms with E-state index in [-0.39, 0.29) is 15.8 Å². The van der Waals surface area contributed by atoms with Crippen LogP contribution in [0.2, 0.25) is 5.02 Å². The Labute approximate surface area is 229 Å². The third-order valence-electron chi connectivity index (χ3n) is 5.81. The first-order valence-electron chi connectivity index (χ1n) is 11.7. The van der Waals surface area contributed by atoms with Crippen LogP contribution in [0.4, 0.5) is 5.69 Å². The highest BCUT2D eigenvalue weighted by Gasteiger charge is 2.18. The van der Waals surface area contributed by atoms with Gasteiger partial charge in [0.05, 0.1) is 20.9 Å². The number of benzene rings is 3. The molecule has 0 aliphatic carbocycles. The summed E-state index contributed by atoms with van der Waals surface area (Å²) in [6.45, 7) is 7.90. The minimum absolute atomic E-state index is 0.207. The number of anilines is 1. The van der Waals surface area contributed by atoms with Crippen LogP contribution < -0.4 is 24.8 Å². The zero-order valence-corrected chi connectivity index (χ0v) is 22.4. The smallest absolute Gasteiger partial charge is 0.273 e. The molecule has 4 aromatic rings. The molecule has 8 heteroatoms. The number of thiazole rings is 1. The fraction of sp³-hybridized carbons (Fsp3) is 0.100. The number of aromatic nitrogens is 1. The summed E-state index contributed by atoms with van der Waals surface area (Å²) in [5, 5.41) is 13.1. The normalized spacial score (nSPS) is 12.0. The van der Waals surface area contributed by atoms with Crippen molar-refractivity contribution >= 4 is 46.2 Å². The van der Waals surface area contributed by atoms with Crippen molar-refractivity contribution in [3.8, 4) is 17.5 Å². The van der Waals surface area contributed by atoms with Crippen molar-refractivity contribution in [3.05, 3.63) is 121 Å². The Morgan fingerprint density at radius 3 is 2.58 bits per heavy atom. The van der Waals surface area contributed by atoms with E-state index in [0.29, 0.717) is 38.8 Å². The summed E-state index contributed by atoms with van der Waals surface area (Å²) in [6, 6.07) is 21.6. The van der Waals surface area contributed by atoms with Crippen molar-refractivity contribution in [1.29, 1.82) is 5.26 Å². The lowest BCUT2D eigenvalue weighted by Gasteiger charge is -2.08. The van der Waals surface area contributed by atoms with Crippen molar-refractivity contribution < 1.29 is 9.53 Å². The number of amides is 1. The number of nitriles is 1. The maximum absolute atomic E-state index is 13.8. The number of para-hydroxylation sites is 2. The van der Waals surface area contributed by atoms with E-state index in [2.05, 4.69) is 11.9 Å². The Bertz CT molecular complexity index is 1760. The fourth-order valence-electron chi connectivity index (χ4n) is 3.71. The number of aryl methyl sites for hydroxylation is 2. The highest BCUT2D eigenvalue weighted by atomic mass is 35.5. The molecule has 0 spiro atoms.